The van der Waals surface area contributed by atoms with Crippen molar-refractivity contribution in [2.45, 2.75) is 21.3 Å². The molecular formula is C5H17N2NaO9S. The first-order valence-electron chi connectivity index (χ1n) is 3.45. The molecule has 0 saturated carbocycles. The van der Waals surface area contributed by atoms with Crippen LogP contribution in [0.4, 0.5) is 0 Å². The van der Waals surface area contributed by atoms with Gasteiger partial charge in [0.25, 0.3) is 0 Å². The topological polar surface area (TPSA) is 186 Å². The fourth-order valence-corrected chi connectivity index (χ4v) is 0.0527. The first-order valence-corrected chi connectivity index (χ1v) is 4.84. The van der Waals surface area contributed by atoms with E-state index >= 15 is 0 Å². The monoisotopic (exact) mass is 304 g/mol. The summed E-state index contributed by atoms with van der Waals surface area (Å²) >= 11 is 0. The molecule has 0 rings (SSSR count). The van der Waals surface area contributed by atoms with E-state index in [4.69, 9.17) is 37.7 Å². The molecule has 0 atom stereocenters. The van der Waals surface area contributed by atoms with Gasteiger partial charge in [0.05, 0.1) is 0 Å². The first kappa shape index (κ1) is 36.0. The van der Waals surface area contributed by atoms with Crippen molar-refractivity contribution in [2.24, 2.45) is 10.7 Å². The molecule has 108 valence electrons. The van der Waals surface area contributed by atoms with Crippen LogP contribution in [0, 0.1) is 15.0 Å². The van der Waals surface area contributed by atoms with E-state index in [1.807, 2.05) is 0 Å². The predicted octanol–water partition coefficient (Wildman–Crippen LogP) is -2.06. The molecule has 3 N–H and O–H groups in total. The maximum Gasteiger partial charge on any atom is 1.00 e. The Kier molecular flexibility index (Phi) is 72.0. The first-order chi connectivity index (χ1) is 7.24. The van der Waals surface area contributed by atoms with Gasteiger partial charge in [0.1, 0.15) is 6.61 Å². The minimum absolute atomic E-state index is 0. The van der Waals surface area contributed by atoms with Crippen molar-refractivity contribution >= 4 is 10.4 Å². The smallest absolute Gasteiger partial charge is 0.444 e. The number of aliphatic hydroxyl groups is 1. The summed E-state index contributed by atoms with van der Waals surface area (Å²) in [5, 5.41) is 18.7. The summed E-state index contributed by atoms with van der Waals surface area (Å²) in [6, 6.07) is 0. The molecule has 0 aliphatic rings. The van der Waals surface area contributed by atoms with Gasteiger partial charge in [-0.15, -0.1) is 10.2 Å². The minimum Gasteiger partial charge on any atom is -0.444 e. The van der Waals surface area contributed by atoms with Crippen LogP contribution in [-0.2, 0) is 15.2 Å². The summed E-state index contributed by atoms with van der Waals surface area (Å²) in [6.45, 7) is 3.99. The quantitative estimate of drug-likeness (QED) is 0.223. The molecule has 0 saturated heterocycles. The van der Waals surface area contributed by atoms with E-state index in [1.54, 1.807) is 13.8 Å². The number of rotatable bonds is 2. The summed E-state index contributed by atoms with van der Waals surface area (Å²) in [4.78, 5) is 20.8. The van der Waals surface area contributed by atoms with Gasteiger partial charge >= 0.3 is 40.0 Å². The van der Waals surface area contributed by atoms with Crippen molar-refractivity contribution in [3.05, 3.63) is 15.0 Å². The molecule has 0 amide bonds. The van der Waals surface area contributed by atoms with Crippen LogP contribution in [0.5, 0.6) is 0 Å². The van der Waals surface area contributed by atoms with Crippen LogP contribution in [0.25, 0.3) is 0 Å². The SMILES string of the molecule is C.CCO.CCON=O.O=N[O-].O=S(=O)(O)O.[Na+]. The van der Waals surface area contributed by atoms with Crippen molar-refractivity contribution < 1.29 is 57.0 Å². The van der Waals surface area contributed by atoms with Gasteiger partial charge in [0.2, 0.25) is 0 Å². The minimum atomic E-state index is -4.67. The number of hydrogen-bond acceptors (Lipinski definition) is 9. The van der Waals surface area contributed by atoms with Crippen LogP contribution < -0.4 is 29.6 Å². The Bertz CT molecular complexity index is 215. The molecule has 0 aromatic carbocycles. The van der Waals surface area contributed by atoms with Gasteiger partial charge < -0.3 is 20.1 Å². The normalized spacial score (nSPS) is 6.72. The summed E-state index contributed by atoms with van der Waals surface area (Å²) in [7, 11) is -4.67. The van der Waals surface area contributed by atoms with Crippen molar-refractivity contribution in [3.63, 3.8) is 0 Å². The average Bonchev–Trinajstić information content (AvgIpc) is 2.05. The van der Waals surface area contributed by atoms with Gasteiger partial charge in [0.15, 0.2) is 5.34 Å². The van der Waals surface area contributed by atoms with Gasteiger partial charge in [-0.25, -0.2) is 0 Å². The largest absolute Gasteiger partial charge is 1.00 e. The zero-order chi connectivity index (χ0) is 14.0. The summed E-state index contributed by atoms with van der Waals surface area (Å²) in [5.41, 5.74) is 0. The summed E-state index contributed by atoms with van der Waals surface area (Å²) < 4.78 is 31.6. The Labute approximate surface area is 127 Å². The Morgan fingerprint density at radius 1 is 1.22 bits per heavy atom. The standard InChI is InChI=1S/C2H5NO2.C2H6O.CH4.HNO2.Na.H2O4S/c1-2-5-3-4;1-2-3;;2-1-3;;1-5(2,3)4/h2H2,1H3;3H,2H2,1H3;1H4;(H,2,3);;(H2,1,2,3,4)/q;;;;+1;/p-1. The molecule has 0 aliphatic carbocycles. The molecule has 11 nitrogen and oxygen atoms in total. The van der Waals surface area contributed by atoms with Crippen molar-refractivity contribution in [1.29, 1.82) is 0 Å². The summed E-state index contributed by atoms with van der Waals surface area (Å²) in [6.07, 6.45) is 0. The van der Waals surface area contributed by atoms with E-state index in [9.17, 15) is 0 Å². The Balaban J connectivity index is -0.0000000265. The van der Waals surface area contributed by atoms with Crippen LogP contribution in [0.3, 0.4) is 0 Å². The van der Waals surface area contributed by atoms with E-state index in [2.05, 4.69) is 10.2 Å². The molecular weight excluding hydrogens is 287 g/mol. The fraction of sp³-hybridized carbons (Fsp3) is 1.00. The Morgan fingerprint density at radius 2 is 1.39 bits per heavy atom. The zero-order valence-electron chi connectivity index (χ0n) is 9.51. The van der Waals surface area contributed by atoms with Crippen LogP contribution in [0.1, 0.15) is 21.3 Å². The average molecular weight is 304 g/mol. The molecule has 0 aliphatic heterocycles. The van der Waals surface area contributed by atoms with Gasteiger partial charge in [-0.3, -0.25) is 9.11 Å². The fourth-order valence-electron chi connectivity index (χ4n) is 0.0527. The van der Waals surface area contributed by atoms with Gasteiger partial charge in [0, 0.05) is 6.61 Å². The van der Waals surface area contributed by atoms with Crippen molar-refractivity contribution in [3.8, 4) is 0 Å². The summed E-state index contributed by atoms with van der Waals surface area (Å²) in [5.74, 6) is 0. The van der Waals surface area contributed by atoms with E-state index in [-0.39, 0.29) is 43.6 Å². The van der Waals surface area contributed by atoms with E-state index < -0.39 is 10.4 Å². The van der Waals surface area contributed by atoms with Crippen LogP contribution in [-0.4, -0.2) is 35.8 Å². The second-order valence-electron chi connectivity index (χ2n) is 1.33. The van der Waals surface area contributed by atoms with Gasteiger partial charge in [-0.05, 0) is 13.8 Å². The van der Waals surface area contributed by atoms with Crippen molar-refractivity contribution in [2.75, 3.05) is 13.2 Å². The second-order valence-corrected chi connectivity index (χ2v) is 2.23. The molecule has 0 unspecified atom stereocenters. The molecule has 0 heterocycles. The third kappa shape index (κ3) is 1260. The van der Waals surface area contributed by atoms with E-state index in [1.165, 1.54) is 0 Å². The van der Waals surface area contributed by atoms with Gasteiger partial charge in [-0.1, -0.05) is 7.43 Å². The molecule has 0 spiro atoms. The molecule has 0 bridgehead atoms. The molecule has 0 radical (unpaired) electrons. The van der Waals surface area contributed by atoms with Gasteiger partial charge in [-0.2, -0.15) is 8.42 Å². The maximum absolute atomic E-state index is 8.93. The third-order valence-corrected chi connectivity index (χ3v) is 0.182. The van der Waals surface area contributed by atoms with E-state index in [0.717, 1.165) is 5.34 Å². The van der Waals surface area contributed by atoms with Crippen LogP contribution >= 0.6 is 0 Å². The molecule has 0 aromatic heterocycles. The zero-order valence-corrected chi connectivity index (χ0v) is 12.3. The Morgan fingerprint density at radius 3 is 1.39 bits per heavy atom. The van der Waals surface area contributed by atoms with Crippen LogP contribution in [0.2, 0.25) is 0 Å². The number of hydrogen-bond donors (Lipinski definition) is 3. The molecule has 0 fully saturated rings. The maximum atomic E-state index is 8.93. The number of aliphatic hydroxyl groups excluding tert-OH is 1. The second kappa shape index (κ2) is 36.0. The molecule has 18 heavy (non-hydrogen) atoms. The predicted molar refractivity (Wildman–Crippen MR) is 60.3 cm³/mol. The molecule has 13 heteroatoms. The number of nitrogens with zero attached hydrogens (tertiary/aromatic N) is 2. The van der Waals surface area contributed by atoms with E-state index in [0.29, 0.717) is 6.61 Å². The Hall–Kier alpha value is -0.370. The third-order valence-electron chi connectivity index (χ3n) is 0.182. The van der Waals surface area contributed by atoms with Crippen LogP contribution in [0.15, 0.2) is 10.7 Å². The van der Waals surface area contributed by atoms with Crippen molar-refractivity contribution in [1.82, 2.24) is 0 Å². The molecule has 0 aromatic rings.